The zero-order valence-electron chi connectivity index (χ0n) is 7.41. The van der Waals surface area contributed by atoms with Crippen LogP contribution in [0, 0.1) is 0 Å². The number of halogens is 1. The molecule has 0 aromatic rings. The molecule has 0 bridgehead atoms. The number of phosphoric acid groups is 1. The second kappa shape index (κ2) is 4.22. The van der Waals surface area contributed by atoms with E-state index in [0.717, 1.165) is 0 Å². The molecule has 1 rings (SSSR count). The first-order valence-electron chi connectivity index (χ1n) is 3.99. The summed E-state index contributed by atoms with van der Waals surface area (Å²) in [6, 6.07) is 0. The normalized spacial score (nSPS) is 38.9. The maximum Gasteiger partial charge on any atom is 0.469 e. The van der Waals surface area contributed by atoms with Crippen LogP contribution in [0.25, 0.3) is 0 Å². The number of hydrogen-bond donors (Lipinski definition) is 3. The summed E-state index contributed by atoms with van der Waals surface area (Å²) in [6.45, 7) is 0.890. The first kappa shape index (κ1) is 12.0. The quantitative estimate of drug-likeness (QED) is 0.570. The second-order valence-electron chi connectivity index (χ2n) is 3.10. The zero-order chi connectivity index (χ0) is 10.9. The van der Waals surface area contributed by atoms with Crippen LogP contribution in [0.2, 0.25) is 0 Å². The molecule has 3 N–H and O–H groups in total. The molecule has 1 saturated heterocycles. The number of rotatable bonds is 3. The van der Waals surface area contributed by atoms with Crippen molar-refractivity contribution in [1.82, 2.24) is 0 Å². The molecular weight excluding hydrogens is 218 g/mol. The first-order chi connectivity index (χ1) is 6.31. The number of phosphoric ester groups is 1. The van der Waals surface area contributed by atoms with Gasteiger partial charge < -0.3 is 19.6 Å². The van der Waals surface area contributed by atoms with Crippen LogP contribution in [0.4, 0.5) is 4.39 Å². The van der Waals surface area contributed by atoms with Crippen LogP contribution < -0.4 is 0 Å². The van der Waals surface area contributed by atoms with Crippen LogP contribution >= 0.6 is 7.82 Å². The highest BCUT2D eigenvalue weighted by atomic mass is 31.2. The molecule has 1 fully saturated rings. The smallest absolute Gasteiger partial charge is 0.387 e. The second-order valence-corrected chi connectivity index (χ2v) is 4.34. The Morgan fingerprint density at radius 1 is 1.57 bits per heavy atom. The van der Waals surface area contributed by atoms with Crippen molar-refractivity contribution in [3.63, 3.8) is 0 Å². The standard InChI is InChI=1S/C6H12FO6P/c1-3-5(7)6(8)4(13-3)2-12-14(9,10)11/h3-6,8H,2H2,1H3,(H2,9,10,11)/t3-,4+,5-,6+/m0/s1. The molecular formula is C6H12FO6P. The summed E-state index contributed by atoms with van der Waals surface area (Å²) in [7, 11) is -4.60. The Morgan fingerprint density at radius 3 is 2.50 bits per heavy atom. The van der Waals surface area contributed by atoms with Gasteiger partial charge in [0.15, 0.2) is 6.17 Å². The monoisotopic (exact) mass is 230 g/mol. The van der Waals surface area contributed by atoms with Gasteiger partial charge in [-0.2, -0.15) is 0 Å². The minimum atomic E-state index is -4.60. The van der Waals surface area contributed by atoms with Gasteiger partial charge in [-0.3, -0.25) is 4.52 Å². The Hall–Kier alpha value is -0.0400. The van der Waals surface area contributed by atoms with E-state index >= 15 is 0 Å². The van der Waals surface area contributed by atoms with E-state index in [-0.39, 0.29) is 0 Å². The van der Waals surface area contributed by atoms with Crippen molar-refractivity contribution in [2.24, 2.45) is 0 Å². The molecule has 6 nitrogen and oxygen atoms in total. The van der Waals surface area contributed by atoms with Crippen molar-refractivity contribution in [2.75, 3.05) is 6.61 Å². The molecule has 0 spiro atoms. The molecule has 14 heavy (non-hydrogen) atoms. The minimum absolute atomic E-state index is 0.532. The molecule has 84 valence electrons. The van der Waals surface area contributed by atoms with E-state index in [9.17, 15) is 14.1 Å². The third-order valence-electron chi connectivity index (χ3n) is 1.95. The summed E-state index contributed by atoms with van der Waals surface area (Å²) in [4.78, 5) is 16.7. The van der Waals surface area contributed by atoms with Crippen molar-refractivity contribution in [3.05, 3.63) is 0 Å². The number of aliphatic hydroxyl groups excluding tert-OH is 1. The fourth-order valence-electron chi connectivity index (χ4n) is 1.22. The van der Waals surface area contributed by atoms with Gasteiger partial charge >= 0.3 is 7.82 Å². The van der Waals surface area contributed by atoms with E-state index < -0.39 is 38.9 Å². The van der Waals surface area contributed by atoms with Gasteiger partial charge in [0.1, 0.15) is 12.2 Å². The summed E-state index contributed by atoms with van der Waals surface area (Å²) in [5, 5.41) is 9.19. The van der Waals surface area contributed by atoms with E-state index in [0.29, 0.717) is 0 Å². The van der Waals surface area contributed by atoms with Crippen LogP contribution in [-0.2, 0) is 13.8 Å². The maximum absolute atomic E-state index is 13.0. The van der Waals surface area contributed by atoms with Crippen molar-refractivity contribution >= 4 is 7.82 Å². The van der Waals surface area contributed by atoms with Gasteiger partial charge in [-0.15, -0.1) is 0 Å². The van der Waals surface area contributed by atoms with Crippen LogP contribution in [0.15, 0.2) is 0 Å². The summed E-state index contributed by atoms with van der Waals surface area (Å²) in [5.74, 6) is 0. The largest absolute Gasteiger partial charge is 0.469 e. The predicted molar refractivity (Wildman–Crippen MR) is 43.2 cm³/mol. The van der Waals surface area contributed by atoms with Crippen molar-refractivity contribution < 1.29 is 33.1 Å². The molecule has 0 aromatic heterocycles. The predicted octanol–water partition coefficient (Wildman–Crippen LogP) is -0.418. The fourth-order valence-corrected chi connectivity index (χ4v) is 1.56. The van der Waals surface area contributed by atoms with Gasteiger partial charge in [-0.05, 0) is 6.92 Å². The molecule has 1 aliphatic rings. The molecule has 1 aliphatic heterocycles. The topological polar surface area (TPSA) is 96.2 Å². The summed E-state index contributed by atoms with van der Waals surface area (Å²) in [6.07, 6.45) is -4.79. The Bertz CT molecular complexity index is 242. The van der Waals surface area contributed by atoms with E-state index in [1.54, 1.807) is 0 Å². The van der Waals surface area contributed by atoms with Crippen LogP contribution in [0.5, 0.6) is 0 Å². The third-order valence-corrected chi connectivity index (χ3v) is 2.44. The summed E-state index contributed by atoms with van der Waals surface area (Å²) >= 11 is 0. The lowest BCUT2D eigenvalue weighted by Crippen LogP contribution is -2.31. The van der Waals surface area contributed by atoms with E-state index in [2.05, 4.69) is 4.52 Å². The Balaban J connectivity index is 2.44. The minimum Gasteiger partial charge on any atom is -0.387 e. The van der Waals surface area contributed by atoms with Gasteiger partial charge in [0.25, 0.3) is 0 Å². The van der Waals surface area contributed by atoms with Crippen molar-refractivity contribution in [2.45, 2.75) is 31.4 Å². The molecule has 0 unspecified atom stereocenters. The maximum atomic E-state index is 13.0. The van der Waals surface area contributed by atoms with Gasteiger partial charge in [0, 0.05) is 0 Å². The zero-order valence-corrected chi connectivity index (χ0v) is 8.30. The first-order valence-corrected chi connectivity index (χ1v) is 5.52. The fraction of sp³-hybridized carbons (Fsp3) is 1.00. The van der Waals surface area contributed by atoms with Crippen molar-refractivity contribution in [1.29, 1.82) is 0 Å². The van der Waals surface area contributed by atoms with E-state index in [1.807, 2.05) is 0 Å². The van der Waals surface area contributed by atoms with Gasteiger partial charge in [-0.1, -0.05) is 0 Å². The van der Waals surface area contributed by atoms with Gasteiger partial charge in [0.05, 0.1) is 12.7 Å². The average molecular weight is 230 g/mol. The van der Waals surface area contributed by atoms with Crippen LogP contribution in [0.1, 0.15) is 6.92 Å². The lowest BCUT2D eigenvalue weighted by molar-refractivity contribution is -0.0168. The van der Waals surface area contributed by atoms with Crippen molar-refractivity contribution in [3.8, 4) is 0 Å². The number of hydrogen-bond acceptors (Lipinski definition) is 4. The number of alkyl halides is 1. The van der Waals surface area contributed by atoms with Crippen LogP contribution in [0.3, 0.4) is 0 Å². The highest BCUT2D eigenvalue weighted by molar-refractivity contribution is 7.46. The number of ether oxygens (including phenoxy) is 1. The lowest BCUT2D eigenvalue weighted by Gasteiger charge is -2.14. The number of aliphatic hydroxyl groups is 1. The molecule has 0 aromatic carbocycles. The Labute approximate surface area is 79.9 Å². The SMILES string of the molecule is C[C@@H]1O[C@H](COP(=O)(O)O)[C@@H](O)[C@H]1F. The summed E-state index contributed by atoms with van der Waals surface area (Å²) < 4.78 is 32.2. The van der Waals surface area contributed by atoms with Crippen LogP contribution in [-0.4, -0.2) is 46.0 Å². The van der Waals surface area contributed by atoms with E-state index in [4.69, 9.17) is 14.5 Å². The summed E-state index contributed by atoms with van der Waals surface area (Å²) in [5.41, 5.74) is 0. The molecule has 1 heterocycles. The highest BCUT2D eigenvalue weighted by Crippen LogP contribution is 2.37. The molecule has 8 heteroatoms. The Kier molecular flexibility index (Phi) is 3.63. The highest BCUT2D eigenvalue weighted by Gasteiger charge is 2.42. The average Bonchev–Trinajstić information content (AvgIpc) is 2.28. The molecule has 0 amide bonds. The van der Waals surface area contributed by atoms with Gasteiger partial charge in [0.2, 0.25) is 0 Å². The third kappa shape index (κ3) is 2.98. The van der Waals surface area contributed by atoms with E-state index in [1.165, 1.54) is 6.92 Å². The lowest BCUT2D eigenvalue weighted by atomic mass is 10.1. The van der Waals surface area contributed by atoms with Gasteiger partial charge in [-0.25, -0.2) is 8.96 Å². The molecule has 4 atom stereocenters. The molecule has 0 saturated carbocycles. The molecule has 0 radical (unpaired) electrons. The Morgan fingerprint density at radius 2 is 2.14 bits per heavy atom. The molecule has 0 aliphatic carbocycles.